The molecular formula is C28H27FN6O3. The summed E-state index contributed by atoms with van der Waals surface area (Å²) >= 11 is 0. The number of halogens is 1. The third kappa shape index (κ3) is 4.37. The van der Waals surface area contributed by atoms with Crippen molar-refractivity contribution in [1.82, 2.24) is 24.6 Å². The first-order valence-electron chi connectivity index (χ1n) is 12.5. The summed E-state index contributed by atoms with van der Waals surface area (Å²) in [5.74, 6) is 1.15. The minimum atomic E-state index is -0.318. The molecule has 2 aromatic heterocycles. The molecule has 1 unspecified atom stereocenters. The molecule has 38 heavy (non-hydrogen) atoms. The van der Waals surface area contributed by atoms with Crippen LogP contribution in [0.3, 0.4) is 0 Å². The molecule has 4 aromatic rings. The van der Waals surface area contributed by atoms with E-state index < -0.39 is 0 Å². The Morgan fingerprint density at radius 2 is 1.79 bits per heavy atom. The zero-order valence-electron chi connectivity index (χ0n) is 20.7. The molecule has 0 bridgehead atoms. The van der Waals surface area contributed by atoms with E-state index in [2.05, 4.69) is 16.5 Å². The van der Waals surface area contributed by atoms with Crippen molar-refractivity contribution in [2.45, 2.75) is 30.9 Å². The van der Waals surface area contributed by atoms with Gasteiger partial charge in [0.1, 0.15) is 35.2 Å². The fourth-order valence-electron chi connectivity index (χ4n) is 5.36. The van der Waals surface area contributed by atoms with Gasteiger partial charge in [-0.05, 0) is 67.4 Å². The molecule has 1 atom stereocenters. The molecule has 4 heterocycles. The average molecular weight is 515 g/mol. The van der Waals surface area contributed by atoms with E-state index in [-0.39, 0.29) is 23.4 Å². The van der Waals surface area contributed by atoms with Crippen LogP contribution in [0.5, 0.6) is 11.5 Å². The van der Waals surface area contributed by atoms with Gasteiger partial charge >= 0.3 is 0 Å². The third-order valence-electron chi connectivity index (χ3n) is 7.39. The molecule has 2 N–H and O–H groups in total. The molecule has 1 amide bonds. The summed E-state index contributed by atoms with van der Waals surface area (Å²) in [6, 6.07) is 13.3. The van der Waals surface area contributed by atoms with Crippen LogP contribution in [0, 0.1) is 5.82 Å². The van der Waals surface area contributed by atoms with E-state index in [4.69, 9.17) is 20.3 Å². The van der Waals surface area contributed by atoms with Crippen LogP contribution in [-0.4, -0.2) is 55.9 Å². The number of piperidine rings is 1. The Bertz CT molecular complexity index is 1490. The van der Waals surface area contributed by atoms with E-state index in [0.717, 1.165) is 24.8 Å². The number of rotatable bonds is 5. The Hall–Kier alpha value is -4.31. The van der Waals surface area contributed by atoms with E-state index in [1.165, 1.54) is 24.5 Å². The van der Waals surface area contributed by atoms with Gasteiger partial charge in [0.25, 0.3) is 0 Å². The molecule has 0 aliphatic carbocycles. The maximum atomic E-state index is 13.2. The number of hydrogen-bond donors (Lipinski definition) is 1. The minimum Gasteiger partial charge on any atom is -0.457 e. The minimum absolute atomic E-state index is 0.0247. The van der Waals surface area contributed by atoms with E-state index >= 15 is 0 Å². The monoisotopic (exact) mass is 514 g/mol. The second-order valence-corrected chi connectivity index (χ2v) is 9.71. The molecular weight excluding hydrogens is 487 g/mol. The smallest absolute Gasteiger partial charge is 0.245 e. The van der Waals surface area contributed by atoms with E-state index in [1.54, 1.807) is 12.1 Å². The summed E-state index contributed by atoms with van der Waals surface area (Å²) in [6.07, 6.45) is 5.11. The zero-order valence-corrected chi connectivity index (χ0v) is 20.7. The van der Waals surface area contributed by atoms with Crippen LogP contribution in [0.15, 0.2) is 67.5 Å². The van der Waals surface area contributed by atoms with Gasteiger partial charge in [0.05, 0.1) is 23.6 Å². The van der Waals surface area contributed by atoms with Crippen molar-refractivity contribution in [2.24, 2.45) is 0 Å². The highest BCUT2D eigenvalue weighted by molar-refractivity contribution is 5.98. The van der Waals surface area contributed by atoms with Crippen LogP contribution >= 0.6 is 0 Å². The Labute approximate surface area is 218 Å². The number of amides is 1. The number of nitrogens with zero attached hydrogens (tertiary/aromatic N) is 5. The van der Waals surface area contributed by atoms with Gasteiger partial charge in [-0.3, -0.25) is 4.79 Å². The fourth-order valence-corrected chi connectivity index (χ4v) is 5.36. The predicted molar refractivity (Wildman–Crippen MR) is 140 cm³/mol. The van der Waals surface area contributed by atoms with Crippen LogP contribution in [0.4, 0.5) is 10.2 Å². The summed E-state index contributed by atoms with van der Waals surface area (Å²) in [5, 5.41) is 5.64. The number of benzene rings is 2. The maximum absolute atomic E-state index is 13.2. The number of carbonyl (C=O) groups excluding carboxylic acids is 1. The van der Waals surface area contributed by atoms with Crippen molar-refractivity contribution >= 4 is 22.8 Å². The van der Waals surface area contributed by atoms with Gasteiger partial charge in [-0.2, -0.15) is 5.10 Å². The molecule has 2 aromatic carbocycles. The van der Waals surface area contributed by atoms with E-state index in [1.807, 2.05) is 33.8 Å². The maximum Gasteiger partial charge on any atom is 0.245 e. The lowest BCUT2D eigenvalue weighted by molar-refractivity contribution is -0.130. The van der Waals surface area contributed by atoms with Crippen LogP contribution in [0.1, 0.15) is 25.3 Å². The molecule has 0 radical (unpaired) electrons. The number of likely N-dealkylation sites (tertiary alicyclic amines) is 1. The molecule has 1 spiro atoms. The number of hydrogen-bond acceptors (Lipinski definition) is 7. The highest BCUT2D eigenvalue weighted by Crippen LogP contribution is 2.42. The first-order valence-corrected chi connectivity index (χ1v) is 12.5. The standard InChI is InChI=1S/C28H27FN6O3/c1-2-23(36)34-13-11-28(12-14-34)15-20(16-37-28)35-27-24(26(30)31-17-32-27)25(33-35)18-3-7-21(8-4-18)38-22-9-5-19(29)6-10-22/h2-10,17,20H,1,11-16H2,(H2,30,31,32). The summed E-state index contributed by atoms with van der Waals surface area (Å²) in [5.41, 5.74) is 8.19. The van der Waals surface area contributed by atoms with Crippen LogP contribution in [0.25, 0.3) is 22.3 Å². The number of ether oxygens (including phenoxy) is 2. The van der Waals surface area contributed by atoms with Crippen molar-refractivity contribution in [3.63, 3.8) is 0 Å². The van der Waals surface area contributed by atoms with Crippen molar-refractivity contribution < 1.29 is 18.7 Å². The normalized spacial score (nSPS) is 18.7. The quantitative estimate of drug-likeness (QED) is 0.390. The van der Waals surface area contributed by atoms with Crippen molar-refractivity contribution in [3.05, 3.63) is 73.3 Å². The molecule has 0 saturated carbocycles. The molecule has 2 aliphatic rings. The second kappa shape index (κ2) is 9.53. The van der Waals surface area contributed by atoms with Crippen LogP contribution in [0.2, 0.25) is 0 Å². The average Bonchev–Trinajstić information content (AvgIpc) is 3.53. The zero-order chi connectivity index (χ0) is 26.3. The second-order valence-electron chi connectivity index (χ2n) is 9.71. The summed E-state index contributed by atoms with van der Waals surface area (Å²) in [4.78, 5) is 22.6. The third-order valence-corrected chi connectivity index (χ3v) is 7.39. The Morgan fingerprint density at radius 3 is 2.47 bits per heavy atom. The van der Waals surface area contributed by atoms with Crippen molar-refractivity contribution in [3.8, 4) is 22.8 Å². The van der Waals surface area contributed by atoms with E-state index in [0.29, 0.717) is 53.7 Å². The summed E-state index contributed by atoms with van der Waals surface area (Å²) in [7, 11) is 0. The molecule has 194 valence electrons. The Balaban J connectivity index is 1.26. The predicted octanol–water partition coefficient (Wildman–Crippen LogP) is 4.52. The molecule has 2 fully saturated rings. The lowest BCUT2D eigenvalue weighted by Crippen LogP contribution is -2.46. The fraction of sp³-hybridized carbons (Fsp3) is 0.286. The van der Waals surface area contributed by atoms with Crippen molar-refractivity contribution in [2.75, 3.05) is 25.4 Å². The Morgan fingerprint density at radius 1 is 1.11 bits per heavy atom. The van der Waals surface area contributed by atoms with Gasteiger partial charge in [0.15, 0.2) is 5.65 Å². The highest BCUT2D eigenvalue weighted by Gasteiger charge is 2.44. The van der Waals surface area contributed by atoms with Crippen LogP contribution in [-0.2, 0) is 9.53 Å². The summed E-state index contributed by atoms with van der Waals surface area (Å²) < 4.78 is 27.3. The molecule has 6 rings (SSSR count). The molecule has 9 nitrogen and oxygen atoms in total. The van der Waals surface area contributed by atoms with Crippen LogP contribution < -0.4 is 10.5 Å². The van der Waals surface area contributed by atoms with Gasteiger partial charge in [-0.1, -0.05) is 6.58 Å². The molecule has 2 aliphatic heterocycles. The number of nitrogen functional groups attached to an aromatic ring is 1. The lowest BCUT2D eigenvalue weighted by atomic mass is 9.87. The van der Waals surface area contributed by atoms with Crippen molar-refractivity contribution in [1.29, 1.82) is 0 Å². The molecule has 2 saturated heterocycles. The number of fused-ring (bicyclic) bond motifs is 1. The van der Waals surface area contributed by atoms with E-state index in [9.17, 15) is 9.18 Å². The topological polar surface area (TPSA) is 108 Å². The number of nitrogens with two attached hydrogens (primary N) is 1. The Kier molecular flexibility index (Phi) is 6.03. The number of aromatic nitrogens is 4. The van der Waals surface area contributed by atoms with Gasteiger partial charge in [0.2, 0.25) is 5.91 Å². The SMILES string of the molecule is C=CC(=O)N1CCC2(CC1)CC(n1nc(-c3ccc(Oc4ccc(F)cc4)cc3)c3c(N)ncnc31)CO2. The molecule has 10 heteroatoms. The first kappa shape index (κ1) is 24.1. The largest absolute Gasteiger partial charge is 0.457 e. The van der Waals surface area contributed by atoms with Gasteiger partial charge in [0, 0.05) is 25.1 Å². The van der Waals surface area contributed by atoms with Gasteiger partial charge < -0.3 is 20.1 Å². The highest BCUT2D eigenvalue weighted by atomic mass is 19.1. The first-order chi connectivity index (χ1) is 18.4. The number of carbonyl (C=O) groups is 1. The summed E-state index contributed by atoms with van der Waals surface area (Å²) in [6.45, 7) is 5.38. The number of anilines is 1. The van der Waals surface area contributed by atoms with Gasteiger partial charge in [-0.15, -0.1) is 0 Å². The lowest BCUT2D eigenvalue weighted by Gasteiger charge is -2.38. The van der Waals surface area contributed by atoms with Gasteiger partial charge in [-0.25, -0.2) is 19.0 Å².